The predicted octanol–water partition coefficient (Wildman–Crippen LogP) is 0.814. The second-order valence-electron chi connectivity index (χ2n) is 5.21. The Balaban J connectivity index is 2.36. The van der Waals surface area contributed by atoms with E-state index in [0.29, 0.717) is 12.2 Å². The predicted molar refractivity (Wildman–Crippen MR) is 75.1 cm³/mol. The Morgan fingerprint density at radius 3 is 2.68 bits per heavy atom. The number of anilines is 1. The first kappa shape index (κ1) is 14.3. The molecule has 1 saturated heterocycles. The summed E-state index contributed by atoms with van der Waals surface area (Å²) in [4.78, 5) is 6.37. The van der Waals surface area contributed by atoms with E-state index < -0.39 is 9.84 Å². The highest BCUT2D eigenvalue weighted by Gasteiger charge is 2.32. The molecule has 5 nitrogen and oxygen atoms in total. The van der Waals surface area contributed by atoms with E-state index in [9.17, 15) is 13.5 Å². The largest absolute Gasteiger partial charge is 0.392 e. The first-order chi connectivity index (χ1) is 8.84. The van der Waals surface area contributed by atoms with Gasteiger partial charge in [-0.1, -0.05) is 0 Å². The molecule has 1 atom stereocenters. The molecule has 6 heteroatoms. The van der Waals surface area contributed by atoms with Gasteiger partial charge >= 0.3 is 0 Å². The van der Waals surface area contributed by atoms with Crippen LogP contribution in [0.15, 0.2) is 6.07 Å². The number of aryl methyl sites for hydroxylation is 2. The number of rotatable bonds is 3. The molecule has 2 heterocycles. The summed E-state index contributed by atoms with van der Waals surface area (Å²) in [6.07, 6.45) is 0.623. The number of pyridine rings is 1. The molecular weight excluding hydrogens is 264 g/mol. The minimum atomic E-state index is -2.92. The van der Waals surface area contributed by atoms with E-state index in [4.69, 9.17) is 0 Å². The van der Waals surface area contributed by atoms with Gasteiger partial charge in [-0.05, 0) is 31.9 Å². The van der Waals surface area contributed by atoms with Crippen LogP contribution in [0.3, 0.4) is 0 Å². The minimum Gasteiger partial charge on any atom is -0.392 e. The van der Waals surface area contributed by atoms with E-state index in [0.717, 1.165) is 16.8 Å². The first-order valence-corrected chi connectivity index (χ1v) is 8.17. The van der Waals surface area contributed by atoms with Gasteiger partial charge in [0.1, 0.15) is 5.82 Å². The summed E-state index contributed by atoms with van der Waals surface area (Å²) >= 11 is 0. The van der Waals surface area contributed by atoms with E-state index in [2.05, 4.69) is 4.98 Å². The highest BCUT2D eigenvalue weighted by molar-refractivity contribution is 7.91. The zero-order valence-electron chi connectivity index (χ0n) is 11.5. The van der Waals surface area contributed by atoms with Crippen molar-refractivity contribution in [1.82, 2.24) is 4.98 Å². The Bertz CT molecular complexity index is 584. The third-order valence-electron chi connectivity index (χ3n) is 3.70. The third kappa shape index (κ3) is 2.90. The lowest BCUT2D eigenvalue weighted by Gasteiger charge is -2.27. The molecule has 0 spiro atoms. The summed E-state index contributed by atoms with van der Waals surface area (Å²) in [7, 11) is -1.07. The van der Waals surface area contributed by atoms with Crippen LogP contribution in [0.25, 0.3) is 0 Å². The zero-order valence-corrected chi connectivity index (χ0v) is 12.4. The number of nitrogens with zero attached hydrogens (tertiary/aromatic N) is 2. The van der Waals surface area contributed by atoms with Gasteiger partial charge in [-0.25, -0.2) is 13.4 Å². The zero-order chi connectivity index (χ0) is 14.2. The molecule has 0 bridgehead atoms. The number of sulfone groups is 1. The molecule has 1 aliphatic rings. The van der Waals surface area contributed by atoms with Gasteiger partial charge in [0.15, 0.2) is 9.84 Å². The number of aliphatic hydroxyl groups is 1. The van der Waals surface area contributed by atoms with Gasteiger partial charge in [-0.3, -0.25) is 0 Å². The maximum Gasteiger partial charge on any atom is 0.152 e. The van der Waals surface area contributed by atoms with Crippen molar-refractivity contribution >= 4 is 15.7 Å². The smallest absolute Gasteiger partial charge is 0.152 e. The number of hydrogen-bond acceptors (Lipinski definition) is 5. The average molecular weight is 284 g/mol. The molecule has 1 aromatic rings. The molecule has 106 valence electrons. The van der Waals surface area contributed by atoms with Crippen molar-refractivity contribution in [2.75, 3.05) is 23.5 Å². The van der Waals surface area contributed by atoms with Gasteiger partial charge in [-0.15, -0.1) is 0 Å². The van der Waals surface area contributed by atoms with E-state index >= 15 is 0 Å². The molecule has 1 fully saturated rings. The molecule has 0 radical (unpaired) electrons. The van der Waals surface area contributed by atoms with Crippen LogP contribution in [0.4, 0.5) is 5.82 Å². The first-order valence-electron chi connectivity index (χ1n) is 6.35. The van der Waals surface area contributed by atoms with E-state index in [1.54, 1.807) is 0 Å². The molecule has 1 N–H and O–H groups in total. The number of aliphatic hydroxyl groups excluding tert-OH is 1. The highest BCUT2D eigenvalue weighted by Crippen LogP contribution is 2.27. The normalized spacial score (nSPS) is 21.6. The standard InChI is InChI=1S/C13H20N2O3S/c1-9-6-10(2)14-13(12(9)7-16)15(3)11-4-5-19(17,18)8-11/h6,11,16H,4-5,7-8H2,1-3H3. The molecule has 1 aliphatic heterocycles. The Morgan fingerprint density at radius 1 is 1.47 bits per heavy atom. The van der Waals surface area contributed by atoms with Crippen molar-refractivity contribution in [1.29, 1.82) is 0 Å². The summed E-state index contributed by atoms with van der Waals surface area (Å²) in [5.74, 6) is 1.10. The van der Waals surface area contributed by atoms with E-state index in [1.165, 1.54) is 0 Å². The second kappa shape index (κ2) is 5.09. The van der Waals surface area contributed by atoms with Crippen molar-refractivity contribution in [3.8, 4) is 0 Å². The van der Waals surface area contributed by atoms with Crippen LogP contribution in [-0.2, 0) is 16.4 Å². The Hall–Kier alpha value is -1.14. The average Bonchev–Trinajstić information content (AvgIpc) is 2.68. The van der Waals surface area contributed by atoms with E-state index in [1.807, 2.05) is 31.9 Å². The van der Waals surface area contributed by atoms with Crippen LogP contribution >= 0.6 is 0 Å². The Kier molecular flexibility index (Phi) is 3.82. The maximum atomic E-state index is 11.6. The Labute approximate surface area is 114 Å². The lowest BCUT2D eigenvalue weighted by Crippen LogP contribution is -2.34. The third-order valence-corrected chi connectivity index (χ3v) is 5.45. The molecule has 1 aromatic heterocycles. The van der Waals surface area contributed by atoms with Gasteiger partial charge < -0.3 is 10.0 Å². The van der Waals surface area contributed by atoms with Gasteiger partial charge in [0.2, 0.25) is 0 Å². The van der Waals surface area contributed by atoms with Crippen molar-refractivity contribution in [3.63, 3.8) is 0 Å². The fourth-order valence-corrected chi connectivity index (χ4v) is 4.36. The van der Waals surface area contributed by atoms with Crippen LogP contribution in [0.1, 0.15) is 23.2 Å². The van der Waals surface area contributed by atoms with Crippen LogP contribution in [0.5, 0.6) is 0 Å². The van der Waals surface area contributed by atoms with Gasteiger partial charge in [-0.2, -0.15) is 0 Å². The van der Waals surface area contributed by atoms with Crippen molar-refractivity contribution in [3.05, 3.63) is 22.9 Å². The van der Waals surface area contributed by atoms with Crippen molar-refractivity contribution < 1.29 is 13.5 Å². The highest BCUT2D eigenvalue weighted by atomic mass is 32.2. The number of aromatic nitrogens is 1. The van der Waals surface area contributed by atoms with Gasteiger partial charge in [0.25, 0.3) is 0 Å². The summed E-state index contributed by atoms with van der Waals surface area (Å²) in [6.45, 7) is 3.75. The fourth-order valence-electron chi connectivity index (χ4n) is 2.58. The van der Waals surface area contributed by atoms with Gasteiger partial charge in [0.05, 0.1) is 18.1 Å². The summed E-state index contributed by atoms with van der Waals surface area (Å²) in [5, 5.41) is 9.50. The molecule has 2 rings (SSSR count). The lowest BCUT2D eigenvalue weighted by atomic mass is 10.1. The summed E-state index contributed by atoms with van der Waals surface area (Å²) in [6, 6.07) is 1.87. The number of hydrogen-bond donors (Lipinski definition) is 1. The topological polar surface area (TPSA) is 70.5 Å². The van der Waals surface area contributed by atoms with Crippen molar-refractivity contribution in [2.24, 2.45) is 0 Å². The van der Waals surface area contributed by atoms with Crippen LogP contribution in [-0.4, -0.2) is 43.1 Å². The van der Waals surface area contributed by atoms with Gasteiger partial charge in [0, 0.05) is 24.3 Å². The monoisotopic (exact) mass is 284 g/mol. The van der Waals surface area contributed by atoms with Crippen molar-refractivity contribution in [2.45, 2.75) is 32.9 Å². The molecule has 0 aliphatic carbocycles. The quantitative estimate of drug-likeness (QED) is 0.889. The lowest BCUT2D eigenvalue weighted by molar-refractivity contribution is 0.280. The maximum absolute atomic E-state index is 11.6. The van der Waals surface area contributed by atoms with Crippen LogP contribution < -0.4 is 4.90 Å². The van der Waals surface area contributed by atoms with Crippen LogP contribution in [0.2, 0.25) is 0 Å². The summed E-state index contributed by atoms with van der Waals surface area (Å²) < 4.78 is 23.1. The molecule has 0 aromatic carbocycles. The molecule has 0 amide bonds. The molecule has 19 heavy (non-hydrogen) atoms. The molecule has 0 saturated carbocycles. The molecule has 1 unspecified atom stereocenters. The summed E-state index contributed by atoms with van der Waals surface area (Å²) in [5.41, 5.74) is 2.63. The second-order valence-corrected chi connectivity index (χ2v) is 7.44. The Morgan fingerprint density at radius 2 is 2.16 bits per heavy atom. The SMILES string of the molecule is Cc1cc(C)c(CO)c(N(C)C2CCS(=O)(=O)C2)n1. The molecular formula is C13H20N2O3S. The minimum absolute atomic E-state index is 0.0519. The van der Waals surface area contributed by atoms with Crippen LogP contribution in [0, 0.1) is 13.8 Å². The fraction of sp³-hybridized carbons (Fsp3) is 0.615. The van der Waals surface area contributed by atoms with E-state index in [-0.39, 0.29) is 24.2 Å².